The minimum absolute atomic E-state index is 0.0769. The molecule has 0 radical (unpaired) electrons. The molecule has 0 aliphatic carbocycles. The van der Waals surface area contributed by atoms with Gasteiger partial charge in [0.1, 0.15) is 6.61 Å². The van der Waals surface area contributed by atoms with Crippen LogP contribution in [0.1, 0.15) is 56.9 Å². The molecule has 1 atom stereocenters. The number of rotatable bonds is 11. The number of benzene rings is 2. The van der Waals surface area contributed by atoms with E-state index < -0.39 is 11.4 Å². The van der Waals surface area contributed by atoms with E-state index >= 15 is 0 Å². The minimum atomic E-state index is -0.982. The number of carbonyl (C=O) groups is 1. The molecule has 2 fully saturated rings. The fraction of sp³-hybridized carbons (Fsp3) is 0.567. The van der Waals surface area contributed by atoms with E-state index in [9.17, 15) is 14.3 Å². The Balaban J connectivity index is 1.24. The largest absolute Gasteiger partial charge is 0.493 e. The molecule has 2 heterocycles. The maximum absolute atomic E-state index is 13.9. The number of hydrogen-bond donors (Lipinski definition) is 1. The Morgan fingerprint density at radius 1 is 0.947 bits per heavy atom. The fourth-order valence-corrected chi connectivity index (χ4v) is 5.21. The van der Waals surface area contributed by atoms with Crippen molar-refractivity contribution < 1.29 is 28.5 Å². The molecule has 4 rings (SSSR count). The zero-order valence-electron chi connectivity index (χ0n) is 22.5. The van der Waals surface area contributed by atoms with Crippen LogP contribution in [-0.4, -0.2) is 72.9 Å². The molecule has 7 nitrogen and oxygen atoms in total. The number of amides is 1. The number of hydrogen-bond acceptors (Lipinski definition) is 6. The molecule has 0 bridgehead atoms. The van der Waals surface area contributed by atoms with Crippen LogP contribution in [0.5, 0.6) is 17.2 Å². The fourth-order valence-electron chi connectivity index (χ4n) is 5.21. The number of halogens is 1. The van der Waals surface area contributed by atoms with E-state index in [0.717, 1.165) is 63.8 Å². The molecule has 1 N–H and O–H groups in total. The Hall–Kier alpha value is -2.84. The van der Waals surface area contributed by atoms with E-state index in [1.807, 2.05) is 17.0 Å². The highest BCUT2D eigenvalue weighted by molar-refractivity contribution is 5.76. The average molecular weight is 529 g/mol. The van der Waals surface area contributed by atoms with Crippen molar-refractivity contribution in [2.24, 2.45) is 0 Å². The van der Waals surface area contributed by atoms with Crippen LogP contribution in [0, 0.1) is 5.82 Å². The van der Waals surface area contributed by atoms with Gasteiger partial charge in [-0.15, -0.1) is 0 Å². The third-order valence-corrected chi connectivity index (χ3v) is 7.48. The molecule has 208 valence electrons. The highest BCUT2D eigenvalue weighted by atomic mass is 19.1. The van der Waals surface area contributed by atoms with Gasteiger partial charge < -0.3 is 24.2 Å². The summed E-state index contributed by atoms with van der Waals surface area (Å²) in [6.45, 7) is 4.49. The molecule has 0 saturated carbocycles. The summed E-state index contributed by atoms with van der Waals surface area (Å²) in [5, 5.41) is 11.1. The van der Waals surface area contributed by atoms with Gasteiger partial charge in [0, 0.05) is 32.6 Å². The highest BCUT2D eigenvalue weighted by Gasteiger charge is 2.31. The first-order chi connectivity index (χ1) is 18.5. The highest BCUT2D eigenvalue weighted by Crippen LogP contribution is 2.30. The summed E-state index contributed by atoms with van der Waals surface area (Å²) in [7, 11) is 1.64. The van der Waals surface area contributed by atoms with Crippen molar-refractivity contribution in [3.05, 3.63) is 53.8 Å². The van der Waals surface area contributed by atoms with E-state index in [1.54, 1.807) is 25.3 Å². The smallest absolute Gasteiger partial charge is 0.222 e. The molecule has 2 aliphatic heterocycles. The van der Waals surface area contributed by atoms with Gasteiger partial charge >= 0.3 is 0 Å². The summed E-state index contributed by atoms with van der Waals surface area (Å²) in [6, 6.07) is 12.3. The van der Waals surface area contributed by atoms with Gasteiger partial charge in [-0.3, -0.25) is 9.69 Å². The molecular weight excluding hydrogens is 487 g/mol. The standard InChI is InChI=1S/C30H41FN2O5/c1-36-28-21-24(12-13-27(28)37-20-8-18-33-17-6-2-3-11-29(33)34)22-32-16-7-14-30(35,15-19-32)23-38-26-10-5-4-9-25(26)31/h4-5,9-10,12-13,21,35H,2-3,6-8,11,14-20,22-23H2,1H3. The van der Waals surface area contributed by atoms with Crippen molar-refractivity contribution in [1.82, 2.24) is 9.80 Å². The van der Waals surface area contributed by atoms with Crippen LogP contribution in [0.25, 0.3) is 0 Å². The Kier molecular flexibility index (Phi) is 10.2. The first kappa shape index (κ1) is 28.2. The van der Waals surface area contributed by atoms with E-state index in [0.29, 0.717) is 43.9 Å². The maximum Gasteiger partial charge on any atom is 0.222 e. The normalized spacial score (nSPS) is 21.0. The van der Waals surface area contributed by atoms with E-state index in [2.05, 4.69) is 11.0 Å². The van der Waals surface area contributed by atoms with Crippen LogP contribution in [0.15, 0.2) is 42.5 Å². The number of aliphatic hydroxyl groups is 1. The zero-order valence-corrected chi connectivity index (χ0v) is 22.5. The first-order valence-electron chi connectivity index (χ1n) is 13.9. The molecule has 2 aromatic carbocycles. The van der Waals surface area contributed by atoms with Gasteiger partial charge in [0.25, 0.3) is 0 Å². The lowest BCUT2D eigenvalue weighted by Gasteiger charge is -2.27. The first-order valence-corrected chi connectivity index (χ1v) is 13.9. The third-order valence-electron chi connectivity index (χ3n) is 7.48. The number of likely N-dealkylation sites (tertiary alicyclic amines) is 2. The van der Waals surface area contributed by atoms with Gasteiger partial charge in [0.2, 0.25) is 5.91 Å². The van der Waals surface area contributed by atoms with Crippen molar-refractivity contribution in [2.45, 2.75) is 63.5 Å². The van der Waals surface area contributed by atoms with Crippen LogP contribution >= 0.6 is 0 Å². The van der Waals surface area contributed by atoms with Crippen LogP contribution in [-0.2, 0) is 11.3 Å². The summed E-state index contributed by atoms with van der Waals surface area (Å²) in [6.07, 6.45) is 6.65. The average Bonchev–Trinajstić information content (AvgIpc) is 3.24. The van der Waals surface area contributed by atoms with Crippen LogP contribution in [0.2, 0.25) is 0 Å². The summed E-state index contributed by atoms with van der Waals surface area (Å²) in [4.78, 5) is 16.4. The van der Waals surface area contributed by atoms with E-state index in [1.165, 1.54) is 6.07 Å². The molecule has 1 unspecified atom stereocenters. The lowest BCUT2D eigenvalue weighted by molar-refractivity contribution is -0.130. The summed E-state index contributed by atoms with van der Waals surface area (Å²) >= 11 is 0. The van der Waals surface area contributed by atoms with Gasteiger partial charge in [-0.1, -0.05) is 24.6 Å². The molecule has 0 aromatic heterocycles. The van der Waals surface area contributed by atoms with E-state index in [-0.39, 0.29) is 18.3 Å². The lowest BCUT2D eigenvalue weighted by atomic mass is 9.96. The van der Waals surface area contributed by atoms with Gasteiger partial charge in [0.05, 0.1) is 19.3 Å². The molecule has 2 saturated heterocycles. The monoisotopic (exact) mass is 528 g/mol. The Bertz CT molecular complexity index is 1050. The van der Waals surface area contributed by atoms with Crippen molar-refractivity contribution in [1.29, 1.82) is 0 Å². The molecular formula is C30H41FN2O5. The summed E-state index contributed by atoms with van der Waals surface area (Å²) in [5.74, 6) is 1.41. The molecule has 2 aromatic rings. The predicted molar refractivity (Wildman–Crippen MR) is 144 cm³/mol. The van der Waals surface area contributed by atoms with Crippen LogP contribution < -0.4 is 14.2 Å². The number of carbonyl (C=O) groups excluding carboxylic acids is 1. The number of para-hydroxylation sites is 1. The van der Waals surface area contributed by atoms with Crippen LogP contribution in [0.4, 0.5) is 4.39 Å². The van der Waals surface area contributed by atoms with Gasteiger partial charge in [-0.05, 0) is 74.9 Å². The number of nitrogens with zero attached hydrogens (tertiary/aromatic N) is 2. The van der Waals surface area contributed by atoms with Gasteiger partial charge in [0.15, 0.2) is 23.1 Å². The molecule has 38 heavy (non-hydrogen) atoms. The molecule has 0 spiro atoms. The summed E-state index contributed by atoms with van der Waals surface area (Å²) in [5.41, 5.74) is 0.127. The van der Waals surface area contributed by atoms with Crippen LogP contribution in [0.3, 0.4) is 0 Å². The van der Waals surface area contributed by atoms with Gasteiger partial charge in [-0.2, -0.15) is 0 Å². The topological polar surface area (TPSA) is 71.5 Å². The molecule has 1 amide bonds. The second kappa shape index (κ2) is 13.8. The predicted octanol–water partition coefficient (Wildman–Crippen LogP) is 4.80. The SMILES string of the molecule is COc1cc(CN2CCCC(O)(COc3ccccc3F)CC2)ccc1OCCCN1CCCCCC1=O. The second-order valence-electron chi connectivity index (χ2n) is 10.5. The minimum Gasteiger partial charge on any atom is -0.493 e. The Morgan fingerprint density at radius 3 is 2.66 bits per heavy atom. The maximum atomic E-state index is 13.9. The number of ether oxygens (including phenoxy) is 3. The Labute approximate surface area is 225 Å². The third kappa shape index (κ3) is 8.08. The van der Waals surface area contributed by atoms with Crippen molar-refractivity contribution in [3.8, 4) is 17.2 Å². The van der Waals surface area contributed by atoms with Crippen molar-refractivity contribution in [2.75, 3.05) is 46.5 Å². The van der Waals surface area contributed by atoms with E-state index in [4.69, 9.17) is 14.2 Å². The second-order valence-corrected chi connectivity index (χ2v) is 10.5. The van der Waals surface area contributed by atoms with Crippen molar-refractivity contribution >= 4 is 5.91 Å². The lowest BCUT2D eigenvalue weighted by Crippen LogP contribution is -2.37. The van der Waals surface area contributed by atoms with Crippen molar-refractivity contribution in [3.63, 3.8) is 0 Å². The summed E-state index contributed by atoms with van der Waals surface area (Å²) < 4.78 is 31.1. The van der Waals surface area contributed by atoms with Gasteiger partial charge in [-0.25, -0.2) is 4.39 Å². The number of methoxy groups -OCH3 is 1. The molecule has 2 aliphatic rings. The Morgan fingerprint density at radius 2 is 1.82 bits per heavy atom. The quantitative estimate of drug-likeness (QED) is 0.423. The zero-order chi connectivity index (χ0) is 26.8. The molecule has 8 heteroatoms.